The number of benzene rings is 1. The monoisotopic (exact) mass is 357 g/mol. The van der Waals surface area contributed by atoms with Gasteiger partial charge in [-0.15, -0.1) is 0 Å². The van der Waals surface area contributed by atoms with E-state index in [4.69, 9.17) is 0 Å². The third kappa shape index (κ3) is 4.45. The molecule has 2 aromatic rings. The number of nitro groups is 1. The van der Waals surface area contributed by atoms with Crippen molar-refractivity contribution < 1.29 is 9.72 Å². The maximum absolute atomic E-state index is 12.4. The summed E-state index contributed by atoms with van der Waals surface area (Å²) in [5.41, 5.74) is 1.97. The van der Waals surface area contributed by atoms with Crippen LogP contribution in [0.3, 0.4) is 0 Å². The molecule has 26 heavy (non-hydrogen) atoms. The number of aromatic nitrogens is 2. The Morgan fingerprint density at radius 2 is 1.88 bits per heavy atom. The van der Waals surface area contributed by atoms with Crippen LogP contribution in [0, 0.1) is 17.0 Å². The molecule has 138 valence electrons. The molecule has 0 atom stereocenters. The van der Waals surface area contributed by atoms with Crippen molar-refractivity contribution in [2.75, 3.05) is 26.2 Å². The van der Waals surface area contributed by atoms with E-state index >= 15 is 0 Å². The zero-order valence-electron chi connectivity index (χ0n) is 14.9. The Bertz CT molecular complexity index is 766. The maximum Gasteiger partial charge on any atom is 0.390 e. The van der Waals surface area contributed by atoms with E-state index in [1.165, 1.54) is 16.3 Å². The van der Waals surface area contributed by atoms with Crippen molar-refractivity contribution in [3.05, 3.63) is 57.8 Å². The van der Waals surface area contributed by atoms with Gasteiger partial charge in [-0.25, -0.2) is 0 Å². The first-order valence-corrected chi connectivity index (χ1v) is 8.76. The standard InChI is InChI=1S/C18H23N5O3/c1-15-13-17(23(25)26)19-22(15)8-7-18(24)21-11-9-20(10-12-21)14-16-5-3-2-4-6-16/h2-6,13H,7-12,14H2,1H3. The van der Waals surface area contributed by atoms with Gasteiger partial charge in [-0.1, -0.05) is 30.3 Å². The predicted molar refractivity (Wildman–Crippen MR) is 96.5 cm³/mol. The second-order valence-electron chi connectivity index (χ2n) is 6.52. The van der Waals surface area contributed by atoms with Gasteiger partial charge in [0.25, 0.3) is 0 Å². The SMILES string of the molecule is Cc1cc([N+](=O)[O-])nn1CCC(=O)N1CCN(Cc2ccccc2)CC1. The van der Waals surface area contributed by atoms with Crippen molar-refractivity contribution in [2.24, 2.45) is 0 Å². The van der Waals surface area contributed by atoms with Crippen molar-refractivity contribution in [3.8, 4) is 0 Å². The summed E-state index contributed by atoms with van der Waals surface area (Å²) in [5.74, 6) is -0.105. The van der Waals surface area contributed by atoms with Gasteiger partial charge in [0, 0.05) is 39.1 Å². The van der Waals surface area contributed by atoms with Crippen molar-refractivity contribution >= 4 is 11.7 Å². The van der Waals surface area contributed by atoms with Gasteiger partial charge in [0.05, 0.1) is 23.4 Å². The summed E-state index contributed by atoms with van der Waals surface area (Å²) in [7, 11) is 0. The summed E-state index contributed by atoms with van der Waals surface area (Å²) in [6.07, 6.45) is 0.304. The molecule has 1 amide bonds. The van der Waals surface area contributed by atoms with Crippen molar-refractivity contribution in [1.29, 1.82) is 0 Å². The summed E-state index contributed by atoms with van der Waals surface area (Å²) in [5, 5.41) is 14.7. The number of rotatable bonds is 6. The molecular weight excluding hydrogens is 334 g/mol. The summed E-state index contributed by atoms with van der Waals surface area (Å²) in [6.45, 7) is 6.15. The van der Waals surface area contributed by atoms with Crippen molar-refractivity contribution in [2.45, 2.75) is 26.4 Å². The van der Waals surface area contributed by atoms with E-state index in [2.05, 4.69) is 22.1 Å². The van der Waals surface area contributed by atoms with Crippen LogP contribution in [0.15, 0.2) is 36.4 Å². The van der Waals surface area contributed by atoms with Crippen LogP contribution in [0.5, 0.6) is 0 Å². The minimum absolute atomic E-state index is 0.0712. The van der Waals surface area contributed by atoms with Gasteiger partial charge in [-0.3, -0.25) is 9.69 Å². The van der Waals surface area contributed by atoms with Crippen LogP contribution in [-0.2, 0) is 17.9 Å². The highest BCUT2D eigenvalue weighted by atomic mass is 16.6. The lowest BCUT2D eigenvalue weighted by Crippen LogP contribution is -2.48. The zero-order valence-corrected chi connectivity index (χ0v) is 14.9. The molecule has 0 spiro atoms. The van der Waals surface area contributed by atoms with E-state index in [1.807, 2.05) is 23.1 Å². The third-order valence-corrected chi connectivity index (χ3v) is 4.67. The highest BCUT2D eigenvalue weighted by Crippen LogP contribution is 2.13. The number of carbonyl (C=O) groups excluding carboxylic acids is 1. The molecule has 0 radical (unpaired) electrons. The average molecular weight is 357 g/mol. The quantitative estimate of drug-likeness (QED) is 0.582. The fourth-order valence-corrected chi connectivity index (χ4v) is 3.16. The van der Waals surface area contributed by atoms with E-state index in [0.29, 0.717) is 31.7 Å². The summed E-state index contributed by atoms with van der Waals surface area (Å²) in [4.78, 5) is 26.9. The lowest BCUT2D eigenvalue weighted by molar-refractivity contribution is -0.389. The highest BCUT2D eigenvalue weighted by molar-refractivity contribution is 5.76. The molecule has 0 N–H and O–H groups in total. The van der Waals surface area contributed by atoms with Crippen LogP contribution >= 0.6 is 0 Å². The van der Waals surface area contributed by atoms with Crippen molar-refractivity contribution in [3.63, 3.8) is 0 Å². The minimum Gasteiger partial charge on any atom is -0.358 e. The van der Waals surface area contributed by atoms with Crippen LogP contribution < -0.4 is 0 Å². The normalized spacial score (nSPS) is 15.2. The molecule has 0 aliphatic carbocycles. The number of hydrogen-bond acceptors (Lipinski definition) is 5. The number of carbonyl (C=O) groups is 1. The first-order valence-electron chi connectivity index (χ1n) is 8.76. The third-order valence-electron chi connectivity index (χ3n) is 4.67. The fraction of sp³-hybridized carbons (Fsp3) is 0.444. The molecule has 8 heteroatoms. The molecular formula is C18H23N5O3. The van der Waals surface area contributed by atoms with E-state index < -0.39 is 4.92 Å². The van der Waals surface area contributed by atoms with E-state index in [9.17, 15) is 14.9 Å². The highest BCUT2D eigenvalue weighted by Gasteiger charge is 2.22. The molecule has 1 saturated heterocycles. The first-order chi connectivity index (χ1) is 12.5. The van der Waals surface area contributed by atoms with Gasteiger partial charge in [0.15, 0.2) is 0 Å². The topological polar surface area (TPSA) is 84.5 Å². The largest absolute Gasteiger partial charge is 0.390 e. The lowest BCUT2D eigenvalue weighted by atomic mass is 10.2. The predicted octanol–water partition coefficient (Wildman–Crippen LogP) is 1.83. The molecule has 1 aromatic carbocycles. The Morgan fingerprint density at radius 3 is 2.50 bits per heavy atom. The molecule has 1 aromatic heterocycles. The zero-order chi connectivity index (χ0) is 18.5. The Balaban J connectivity index is 1.46. The van der Waals surface area contributed by atoms with Crippen molar-refractivity contribution in [1.82, 2.24) is 19.6 Å². The summed E-state index contributed by atoms with van der Waals surface area (Å²) in [6, 6.07) is 11.7. The first kappa shape index (κ1) is 18.1. The molecule has 3 rings (SSSR count). The molecule has 1 aliphatic rings. The van der Waals surface area contributed by atoms with Crippen LogP contribution in [0.25, 0.3) is 0 Å². The Kier molecular flexibility index (Phi) is 5.62. The molecule has 1 fully saturated rings. The Labute approximate surface area is 152 Å². The van der Waals surface area contributed by atoms with Gasteiger partial charge >= 0.3 is 5.82 Å². The molecule has 1 aliphatic heterocycles. The van der Waals surface area contributed by atoms with Gasteiger partial charge in [-0.05, 0) is 17.4 Å². The minimum atomic E-state index is -0.517. The van der Waals surface area contributed by atoms with Gasteiger partial charge in [0.2, 0.25) is 5.91 Å². The van der Waals surface area contributed by atoms with Gasteiger partial charge in [0.1, 0.15) is 0 Å². The second-order valence-corrected chi connectivity index (χ2v) is 6.52. The Morgan fingerprint density at radius 1 is 1.19 bits per heavy atom. The second kappa shape index (κ2) is 8.09. The van der Waals surface area contributed by atoms with Gasteiger partial charge < -0.3 is 15.0 Å². The van der Waals surface area contributed by atoms with Crippen LogP contribution in [-0.4, -0.2) is 56.6 Å². The number of hydrogen-bond donors (Lipinski definition) is 0. The number of nitrogens with zero attached hydrogens (tertiary/aromatic N) is 5. The lowest BCUT2D eigenvalue weighted by Gasteiger charge is -2.34. The molecule has 0 saturated carbocycles. The van der Waals surface area contributed by atoms with E-state index in [-0.39, 0.29) is 11.7 Å². The summed E-state index contributed by atoms with van der Waals surface area (Å²) < 4.78 is 1.53. The van der Waals surface area contributed by atoms with Crippen LogP contribution in [0.1, 0.15) is 17.7 Å². The van der Waals surface area contributed by atoms with E-state index in [0.717, 1.165) is 19.6 Å². The fourth-order valence-electron chi connectivity index (χ4n) is 3.16. The van der Waals surface area contributed by atoms with Gasteiger partial charge in [-0.2, -0.15) is 4.68 Å². The maximum atomic E-state index is 12.4. The molecule has 0 unspecified atom stereocenters. The van der Waals surface area contributed by atoms with Crippen LogP contribution in [0.4, 0.5) is 5.82 Å². The number of aryl methyl sites for hydroxylation is 2. The number of piperazine rings is 1. The van der Waals surface area contributed by atoms with E-state index in [1.54, 1.807) is 6.92 Å². The Hall–Kier alpha value is -2.74. The molecule has 8 nitrogen and oxygen atoms in total. The number of amides is 1. The van der Waals surface area contributed by atoms with Crippen LogP contribution in [0.2, 0.25) is 0 Å². The smallest absolute Gasteiger partial charge is 0.358 e. The molecule has 2 heterocycles. The summed E-state index contributed by atoms with van der Waals surface area (Å²) >= 11 is 0. The average Bonchev–Trinajstić information content (AvgIpc) is 3.02. The molecule has 0 bridgehead atoms.